The first-order valence-corrected chi connectivity index (χ1v) is 19.6. The average molecular weight is 710 g/mol. The van der Waals surface area contributed by atoms with Crippen molar-refractivity contribution in [3.63, 3.8) is 0 Å². The van der Waals surface area contributed by atoms with Crippen LogP contribution in [0.1, 0.15) is 43.6 Å². The third-order valence-corrected chi connectivity index (χ3v) is 11.9. The van der Waals surface area contributed by atoms with Gasteiger partial charge in [-0.25, -0.2) is 0 Å². The largest absolute Gasteiger partial charge is 0.456 e. The fourth-order valence-electron chi connectivity index (χ4n) is 9.36. The number of anilines is 3. The third-order valence-electron chi connectivity index (χ3n) is 11.9. The predicted molar refractivity (Wildman–Crippen MR) is 230 cm³/mol. The third kappa shape index (κ3) is 5.26. The summed E-state index contributed by atoms with van der Waals surface area (Å²) < 4.78 is 13.2. The smallest absolute Gasteiger partial charge is 0.143 e. The zero-order valence-electron chi connectivity index (χ0n) is 30.5. The Morgan fingerprint density at radius 1 is 0.418 bits per heavy atom. The van der Waals surface area contributed by atoms with Crippen molar-refractivity contribution in [3.8, 4) is 22.3 Å². The molecule has 1 fully saturated rings. The summed E-state index contributed by atoms with van der Waals surface area (Å²) in [7, 11) is 0. The highest BCUT2D eigenvalue weighted by Crippen LogP contribution is 2.49. The average Bonchev–Trinajstić information content (AvgIpc) is 3.82. The number of hydrogen-bond donors (Lipinski definition) is 0. The van der Waals surface area contributed by atoms with Gasteiger partial charge in [0, 0.05) is 50.0 Å². The number of furan rings is 2. The Kier molecular flexibility index (Phi) is 7.58. The van der Waals surface area contributed by atoms with Crippen molar-refractivity contribution < 1.29 is 8.83 Å². The number of para-hydroxylation sites is 5. The minimum absolute atomic E-state index is 0.572. The Bertz CT molecular complexity index is 3040. The van der Waals surface area contributed by atoms with Gasteiger partial charge in [0.1, 0.15) is 22.3 Å². The summed E-state index contributed by atoms with van der Waals surface area (Å²) in [6, 6.07) is 61.3. The Labute approximate surface area is 320 Å². The van der Waals surface area contributed by atoms with Gasteiger partial charge in [-0.05, 0) is 77.1 Å². The van der Waals surface area contributed by atoms with Gasteiger partial charge in [-0.1, -0.05) is 147 Å². The first kappa shape index (κ1) is 31.9. The van der Waals surface area contributed by atoms with Crippen molar-refractivity contribution in [1.29, 1.82) is 0 Å². The highest BCUT2D eigenvalue weighted by atomic mass is 16.3. The van der Waals surface area contributed by atoms with Crippen molar-refractivity contribution in [2.75, 3.05) is 4.90 Å². The van der Waals surface area contributed by atoms with E-state index in [1.54, 1.807) is 0 Å². The molecule has 11 rings (SSSR count). The van der Waals surface area contributed by atoms with Crippen molar-refractivity contribution in [1.82, 2.24) is 0 Å². The van der Waals surface area contributed by atoms with Crippen LogP contribution in [0.4, 0.5) is 17.1 Å². The van der Waals surface area contributed by atoms with Crippen LogP contribution in [0.2, 0.25) is 0 Å². The van der Waals surface area contributed by atoms with E-state index in [2.05, 4.69) is 163 Å². The first-order valence-electron chi connectivity index (χ1n) is 19.6. The summed E-state index contributed by atoms with van der Waals surface area (Å²) in [5.41, 5.74) is 12.8. The molecule has 0 amide bonds. The number of fused-ring (bicyclic) bond motifs is 7. The van der Waals surface area contributed by atoms with Gasteiger partial charge in [0.15, 0.2) is 0 Å². The lowest BCUT2D eigenvalue weighted by atomic mass is 9.80. The highest BCUT2D eigenvalue weighted by molar-refractivity contribution is 6.12. The van der Waals surface area contributed by atoms with E-state index in [9.17, 15) is 0 Å². The van der Waals surface area contributed by atoms with Crippen LogP contribution in [0.5, 0.6) is 0 Å². The summed E-state index contributed by atoms with van der Waals surface area (Å²) in [5, 5.41) is 7.14. The van der Waals surface area contributed by atoms with Crippen LogP contribution in [-0.4, -0.2) is 0 Å². The molecule has 1 aliphatic rings. The van der Waals surface area contributed by atoms with Crippen LogP contribution in [0.3, 0.4) is 0 Å². The number of benzene rings is 8. The van der Waals surface area contributed by atoms with Gasteiger partial charge in [0.05, 0.1) is 11.4 Å². The van der Waals surface area contributed by atoms with E-state index in [0.29, 0.717) is 5.92 Å². The molecule has 2 heterocycles. The molecule has 1 saturated carbocycles. The second-order valence-corrected chi connectivity index (χ2v) is 15.0. The summed E-state index contributed by atoms with van der Waals surface area (Å²) in [5.74, 6) is 0.572. The molecule has 1 aliphatic carbocycles. The van der Waals surface area contributed by atoms with Crippen molar-refractivity contribution in [2.24, 2.45) is 0 Å². The van der Waals surface area contributed by atoms with E-state index in [4.69, 9.17) is 8.83 Å². The van der Waals surface area contributed by atoms with E-state index in [0.717, 1.165) is 72.1 Å². The second-order valence-electron chi connectivity index (χ2n) is 15.0. The maximum absolute atomic E-state index is 6.65. The molecule has 0 aliphatic heterocycles. The zero-order valence-corrected chi connectivity index (χ0v) is 30.5. The number of rotatable bonds is 6. The quantitative estimate of drug-likeness (QED) is 0.172. The molecule has 0 radical (unpaired) electrons. The maximum atomic E-state index is 6.65. The van der Waals surface area contributed by atoms with Crippen LogP contribution in [0.25, 0.3) is 76.9 Å². The van der Waals surface area contributed by atoms with Crippen molar-refractivity contribution in [2.45, 2.75) is 38.0 Å². The molecule has 10 aromatic rings. The molecule has 0 spiro atoms. The molecule has 55 heavy (non-hydrogen) atoms. The fourth-order valence-corrected chi connectivity index (χ4v) is 9.36. The molecule has 8 aromatic carbocycles. The number of hydrogen-bond acceptors (Lipinski definition) is 3. The minimum Gasteiger partial charge on any atom is -0.456 e. The normalized spacial score (nSPS) is 13.7. The standard InChI is InChI=1S/C52H39NO2/c1-2-15-34(16-3-1)37-23-12-17-35-18-13-24-43(51(35)37)38-19-4-8-27-46(38)53(36-31-32-42-40-21-6-10-29-48(40)54-50(42)33-36)47-28-9-5-20-39(47)44-25-14-26-45-41-22-7-11-30-49(41)55-52(44)45/h4-14,17-34H,1-3,15-16H2. The van der Waals surface area contributed by atoms with E-state index >= 15 is 0 Å². The molecule has 0 N–H and O–H groups in total. The molecule has 0 saturated heterocycles. The maximum Gasteiger partial charge on any atom is 0.143 e. The molecule has 3 heteroatoms. The molecular weight excluding hydrogens is 671 g/mol. The van der Waals surface area contributed by atoms with E-state index in [1.807, 2.05) is 12.1 Å². The van der Waals surface area contributed by atoms with Gasteiger partial charge in [-0.2, -0.15) is 0 Å². The van der Waals surface area contributed by atoms with Crippen LogP contribution in [-0.2, 0) is 0 Å². The second kappa shape index (κ2) is 13.1. The Balaban J connectivity index is 1.18. The Morgan fingerprint density at radius 2 is 0.982 bits per heavy atom. The van der Waals surface area contributed by atoms with Crippen LogP contribution < -0.4 is 4.90 Å². The van der Waals surface area contributed by atoms with Gasteiger partial charge in [0.2, 0.25) is 0 Å². The summed E-state index contributed by atoms with van der Waals surface area (Å²) in [6.45, 7) is 0. The lowest BCUT2D eigenvalue weighted by molar-refractivity contribution is 0.445. The van der Waals surface area contributed by atoms with Gasteiger partial charge < -0.3 is 13.7 Å². The SMILES string of the molecule is c1ccc(N(c2ccc3c(c2)oc2ccccc23)c2ccccc2-c2cccc3cccc(C4CCCCC4)c23)c(-c2cccc3c2oc2ccccc23)c1. The molecule has 3 nitrogen and oxygen atoms in total. The predicted octanol–water partition coefficient (Wildman–Crippen LogP) is 15.5. The van der Waals surface area contributed by atoms with Gasteiger partial charge in [-0.15, -0.1) is 0 Å². The lowest BCUT2D eigenvalue weighted by Gasteiger charge is -2.30. The molecule has 0 unspecified atom stereocenters. The van der Waals surface area contributed by atoms with Gasteiger partial charge >= 0.3 is 0 Å². The van der Waals surface area contributed by atoms with Crippen LogP contribution >= 0.6 is 0 Å². The van der Waals surface area contributed by atoms with Crippen molar-refractivity contribution >= 4 is 71.7 Å². The molecule has 264 valence electrons. The highest BCUT2D eigenvalue weighted by Gasteiger charge is 2.25. The zero-order chi connectivity index (χ0) is 36.3. The summed E-state index contributed by atoms with van der Waals surface area (Å²) in [6.07, 6.45) is 6.43. The van der Waals surface area contributed by atoms with Crippen LogP contribution in [0.15, 0.2) is 179 Å². The molecule has 0 atom stereocenters. The monoisotopic (exact) mass is 709 g/mol. The van der Waals surface area contributed by atoms with E-state index in [-0.39, 0.29) is 0 Å². The first-order chi connectivity index (χ1) is 27.3. The molecule has 0 bridgehead atoms. The summed E-state index contributed by atoms with van der Waals surface area (Å²) >= 11 is 0. The number of nitrogens with zero attached hydrogens (tertiary/aromatic N) is 1. The Hall–Kier alpha value is -6.58. The lowest BCUT2D eigenvalue weighted by Crippen LogP contribution is -2.12. The van der Waals surface area contributed by atoms with Crippen LogP contribution in [0, 0.1) is 0 Å². The fraction of sp³-hybridized carbons (Fsp3) is 0.115. The van der Waals surface area contributed by atoms with Gasteiger partial charge in [-0.3, -0.25) is 0 Å². The minimum atomic E-state index is 0.572. The van der Waals surface area contributed by atoms with Crippen molar-refractivity contribution in [3.05, 3.63) is 175 Å². The molecular formula is C52H39NO2. The Morgan fingerprint density at radius 3 is 1.76 bits per heavy atom. The molecule has 2 aromatic heterocycles. The summed E-state index contributed by atoms with van der Waals surface area (Å²) in [4.78, 5) is 2.43. The van der Waals surface area contributed by atoms with E-state index in [1.165, 1.54) is 59.6 Å². The topological polar surface area (TPSA) is 29.5 Å². The van der Waals surface area contributed by atoms with Gasteiger partial charge in [0.25, 0.3) is 0 Å². The van der Waals surface area contributed by atoms with E-state index < -0.39 is 0 Å².